The van der Waals surface area contributed by atoms with Crippen LogP contribution in [0.5, 0.6) is 0 Å². The Balaban J connectivity index is 2.33. The molecule has 1 aromatic heterocycles. The summed E-state index contributed by atoms with van der Waals surface area (Å²) in [7, 11) is -0.0941. The van der Waals surface area contributed by atoms with E-state index in [0.717, 1.165) is 6.26 Å². The van der Waals surface area contributed by atoms with Crippen LogP contribution in [-0.2, 0) is 25.0 Å². The summed E-state index contributed by atoms with van der Waals surface area (Å²) in [5.41, 5.74) is -0.988. The zero-order valence-electron chi connectivity index (χ0n) is 13.6. The fourth-order valence-electron chi connectivity index (χ4n) is 2.96. The number of likely N-dealkylation sites (tertiary alicyclic amines) is 1. The Morgan fingerprint density at radius 2 is 2.04 bits per heavy atom. The first-order valence-electron chi connectivity index (χ1n) is 7.33. The number of rotatable bonds is 4. The maximum atomic E-state index is 12.8. The summed E-state index contributed by atoms with van der Waals surface area (Å²) in [6.07, 6.45) is 5.47. The van der Waals surface area contributed by atoms with Gasteiger partial charge in [-0.05, 0) is 18.9 Å². The molecule has 0 radical (unpaired) electrons. The standard InChI is InChI=1S/C14H22N4O4S/c1-16(2)13(20)14(18-9-5-7-15-18)6-4-8-17(11-14)12(19)10-23(3,21)22/h5,7,9H,4,6,8,10-11H2,1-3H3. The van der Waals surface area contributed by atoms with Crippen LogP contribution in [0.2, 0.25) is 0 Å². The van der Waals surface area contributed by atoms with Crippen molar-refractivity contribution >= 4 is 21.7 Å². The molecule has 1 aromatic rings. The summed E-state index contributed by atoms with van der Waals surface area (Å²) in [6.45, 7) is 0.568. The fraction of sp³-hybridized carbons (Fsp3) is 0.643. The van der Waals surface area contributed by atoms with Gasteiger partial charge < -0.3 is 9.80 Å². The summed E-state index contributed by atoms with van der Waals surface area (Å²) in [6, 6.07) is 1.72. The number of nitrogens with zero attached hydrogens (tertiary/aromatic N) is 4. The van der Waals surface area contributed by atoms with Gasteiger partial charge in [0.15, 0.2) is 15.4 Å². The van der Waals surface area contributed by atoms with Crippen LogP contribution in [0.4, 0.5) is 0 Å². The van der Waals surface area contributed by atoms with Gasteiger partial charge in [-0.2, -0.15) is 5.10 Å². The molecule has 0 bridgehead atoms. The van der Waals surface area contributed by atoms with Crippen molar-refractivity contribution in [2.45, 2.75) is 18.4 Å². The predicted octanol–water partition coefficient (Wildman–Crippen LogP) is -0.666. The largest absolute Gasteiger partial charge is 0.347 e. The first kappa shape index (κ1) is 17.5. The minimum Gasteiger partial charge on any atom is -0.347 e. The van der Waals surface area contributed by atoms with Crippen molar-refractivity contribution in [1.82, 2.24) is 19.6 Å². The summed E-state index contributed by atoms with van der Waals surface area (Å²) in [5, 5.41) is 4.20. The highest BCUT2D eigenvalue weighted by Gasteiger charge is 2.46. The predicted molar refractivity (Wildman–Crippen MR) is 84.4 cm³/mol. The fourth-order valence-corrected chi connectivity index (χ4v) is 3.59. The Morgan fingerprint density at radius 3 is 2.57 bits per heavy atom. The molecule has 0 saturated carbocycles. The summed E-state index contributed by atoms with van der Waals surface area (Å²) in [4.78, 5) is 28.0. The van der Waals surface area contributed by atoms with E-state index in [9.17, 15) is 18.0 Å². The maximum absolute atomic E-state index is 12.8. The molecule has 1 atom stereocenters. The van der Waals surface area contributed by atoms with Gasteiger partial charge in [0.05, 0.1) is 6.54 Å². The summed E-state index contributed by atoms with van der Waals surface area (Å²) >= 11 is 0. The third kappa shape index (κ3) is 3.72. The second-order valence-corrected chi connectivity index (χ2v) is 8.31. The van der Waals surface area contributed by atoms with Gasteiger partial charge in [0.2, 0.25) is 5.91 Å². The van der Waals surface area contributed by atoms with Crippen LogP contribution in [0.15, 0.2) is 18.5 Å². The Hall–Kier alpha value is -1.90. The Morgan fingerprint density at radius 1 is 1.35 bits per heavy atom. The van der Waals surface area contributed by atoms with E-state index in [-0.39, 0.29) is 12.5 Å². The van der Waals surface area contributed by atoms with E-state index in [0.29, 0.717) is 19.4 Å². The van der Waals surface area contributed by atoms with Gasteiger partial charge in [-0.15, -0.1) is 0 Å². The van der Waals surface area contributed by atoms with Crippen LogP contribution in [0, 0.1) is 0 Å². The lowest BCUT2D eigenvalue weighted by molar-refractivity contribution is -0.145. The van der Waals surface area contributed by atoms with Gasteiger partial charge in [-0.25, -0.2) is 8.42 Å². The van der Waals surface area contributed by atoms with E-state index in [2.05, 4.69) is 5.10 Å². The van der Waals surface area contributed by atoms with E-state index in [1.807, 2.05) is 0 Å². The van der Waals surface area contributed by atoms with Gasteiger partial charge in [-0.1, -0.05) is 0 Å². The zero-order valence-corrected chi connectivity index (χ0v) is 14.4. The number of carbonyl (C=O) groups excluding carboxylic acids is 2. The lowest BCUT2D eigenvalue weighted by Gasteiger charge is -2.42. The van der Waals surface area contributed by atoms with Crippen molar-refractivity contribution in [3.8, 4) is 0 Å². The molecule has 1 aliphatic rings. The molecule has 2 amide bonds. The first-order valence-corrected chi connectivity index (χ1v) is 9.39. The maximum Gasteiger partial charge on any atom is 0.251 e. The molecule has 1 saturated heterocycles. The highest BCUT2D eigenvalue weighted by atomic mass is 32.2. The highest BCUT2D eigenvalue weighted by Crippen LogP contribution is 2.30. The van der Waals surface area contributed by atoms with E-state index >= 15 is 0 Å². The molecular weight excluding hydrogens is 320 g/mol. The summed E-state index contributed by atoms with van der Waals surface area (Å²) in [5.74, 6) is -1.17. The van der Waals surface area contributed by atoms with Crippen molar-refractivity contribution in [3.63, 3.8) is 0 Å². The van der Waals surface area contributed by atoms with Crippen LogP contribution >= 0.6 is 0 Å². The SMILES string of the molecule is CN(C)C(=O)C1(n2cccn2)CCCN(C(=O)CS(C)(=O)=O)C1. The average Bonchev–Trinajstić information content (AvgIpc) is 2.99. The van der Waals surface area contributed by atoms with Gasteiger partial charge >= 0.3 is 0 Å². The molecule has 9 heteroatoms. The molecule has 128 valence electrons. The normalized spacial score (nSPS) is 22.0. The number of likely N-dealkylation sites (N-methyl/N-ethyl adjacent to an activating group) is 1. The topological polar surface area (TPSA) is 92.6 Å². The van der Waals surface area contributed by atoms with E-state index in [1.54, 1.807) is 37.2 Å². The van der Waals surface area contributed by atoms with Crippen molar-refractivity contribution in [2.75, 3.05) is 39.2 Å². The molecule has 0 spiro atoms. The van der Waals surface area contributed by atoms with Crippen molar-refractivity contribution < 1.29 is 18.0 Å². The Kier molecular flexibility index (Phi) is 4.79. The Labute approximate surface area is 136 Å². The van der Waals surface area contributed by atoms with Crippen LogP contribution in [0.25, 0.3) is 0 Å². The van der Waals surface area contributed by atoms with E-state index in [4.69, 9.17) is 0 Å². The number of carbonyl (C=O) groups is 2. The molecule has 8 nitrogen and oxygen atoms in total. The van der Waals surface area contributed by atoms with Gasteiger partial charge in [0, 0.05) is 39.3 Å². The third-order valence-electron chi connectivity index (χ3n) is 3.96. The van der Waals surface area contributed by atoms with Crippen molar-refractivity contribution in [3.05, 3.63) is 18.5 Å². The van der Waals surface area contributed by atoms with Crippen molar-refractivity contribution in [1.29, 1.82) is 0 Å². The molecule has 1 fully saturated rings. The van der Waals surface area contributed by atoms with Gasteiger partial charge in [0.25, 0.3) is 5.91 Å². The second-order valence-electron chi connectivity index (χ2n) is 6.17. The number of hydrogen-bond acceptors (Lipinski definition) is 5. The van der Waals surface area contributed by atoms with Crippen LogP contribution in [0.1, 0.15) is 12.8 Å². The third-order valence-corrected chi connectivity index (χ3v) is 4.73. The van der Waals surface area contributed by atoms with Crippen LogP contribution < -0.4 is 0 Å². The van der Waals surface area contributed by atoms with Crippen LogP contribution in [-0.4, -0.2) is 79.0 Å². The van der Waals surface area contributed by atoms with Gasteiger partial charge in [0.1, 0.15) is 5.75 Å². The molecule has 0 N–H and O–H groups in total. The molecule has 1 unspecified atom stereocenters. The van der Waals surface area contributed by atoms with Crippen LogP contribution in [0.3, 0.4) is 0 Å². The zero-order chi connectivity index (χ0) is 17.3. The number of piperidine rings is 1. The molecule has 2 heterocycles. The van der Waals surface area contributed by atoms with Gasteiger partial charge in [-0.3, -0.25) is 14.3 Å². The monoisotopic (exact) mass is 342 g/mol. The second kappa shape index (κ2) is 6.31. The minimum absolute atomic E-state index is 0.125. The first-order chi connectivity index (χ1) is 10.7. The molecule has 0 aliphatic carbocycles. The lowest BCUT2D eigenvalue weighted by Crippen LogP contribution is -2.59. The number of amides is 2. The average molecular weight is 342 g/mol. The molecule has 23 heavy (non-hydrogen) atoms. The highest BCUT2D eigenvalue weighted by molar-refractivity contribution is 7.91. The number of aromatic nitrogens is 2. The quantitative estimate of drug-likeness (QED) is 0.724. The minimum atomic E-state index is -3.41. The van der Waals surface area contributed by atoms with E-state index in [1.165, 1.54) is 9.80 Å². The molecule has 0 aromatic carbocycles. The smallest absolute Gasteiger partial charge is 0.251 e. The number of sulfone groups is 1. The molecule has 1 aliphatic heterocycles. The lowest BCUT2D eigenvalue weighted by atomic mass is 9.87. The Bertz CT molecular complexity index is 684. The number of hydrogen-bond donors (Lipinski definition) is 0. The van der Waals surface area contributed by atoms with Crippen molar-refractivity contribution in [2.24, 2.45) is 0 Å². The molecule has 2 rings (SSSR count). The van der Waals surface area contributed by atoms with E-state index < -0.39 is 27.0 Å². The summed E-state index contributed by atoms with van der Waals surface area (Å²) < 4.78 is 24.3. The molecular formula is C14H22N4O4S.